The Morgan fingerprint density at radius 2 is 1.77 bits per heavy atom. The van der Waals surface area contributed by atoms with Crippen molar-refractivity contribution in [2.24, 2.45) is 5.92 Å². The quantitative estimate of drug-likeness (QED) is 0.660. The molecule has 1 aliphatic rings. The minimum Gasteiger partial charge on any atom is -0.352 e. The summed E-state index contributed by atoms with van der Waals surface area (Å²) >= 11 is 0. The average molecular weight is 438 g/mol. The van der Waals surface area contributed by atoms with Crippen molar-refractivity contribution in [3.63, 3.8) is 0 Å². The molecule has 0 spiro atoms. The summed E-state index contributed by atoms with van der Waals surface area (Å²) in [5, 5.41) is 3.91. The smallest absolute Gasteiger partial charge is 0.252 e. The topological polar surface area (TPSA) is 79.4 Å². The van der Waals surface area contributed by atoms with E-state index in [4.69, 9.17) is 0 Å². The number of benzene rings is 2. The molecule has 0 atom stereocenters. The number of hydrogen-bond donors (Lipinski definition) is 1. The lowest BCUT2D eigenvalue weighted by Crippen LogP contribution is -2.41. The highest BCUT2D eigenvalue weighted by Crippen LogP contribution is 2.24. The molecule has 6 nitrogen and oxygen atoms in total. The zero-order chi connectivity index (χ0) is 22.0. The van der Waals surface area contributed by atoms with Crippen molar-refractivity contribution >= 4 is 26.8 Å². The number of fused-ring (bicyclic) bond motifs is 1. The van der Waals surface area contributed by atoms with E-state index in [1.807, 2.05) is 44.2 Å². The number of carbonyl (C=O) groups excluding carboxylic acids is 1. The summed E-state index contributed by atoms with van der Waals surface area (Å²) in [5.74, 6) is 0.141. The third-order valence-electron chi connectivity index (χ3n) is 5.84. The van der Waals surface area contributed by atoms with Crippen LogP contribution in [0.2, 0.25) is 0 Å². The molecule has 2 heterocycles. The summed E-state index contributed by atoms with van der Waals surface area (Å²) in [7, 11) is -3.45. The van der Waals surface area contributed by atoms with Crippen LogP contribution in [0.15, 0.2) is 59.5 Å². The molecule has 1 N–H and O–H groups in total. The lowest BCUT2D eigenvalue weighted by atomic mass is 9.98. The number of pyridine rings is 1. The SMILES string of the molecule is Cc1ccc2nc(C)cc(C(=O)NCC3CCN(S(=O)(=O)c4ccccc4)CC3)c2c1. The fourth-order valence-corrected chi connectivity index (χ4v) is 5.58. The van der Waals surface area contributed by atoms with Crippen LogP contribution in [-0.4, -0.2) is 43.2 Å². The van der Waals surface area contributed by atoms with Gasteiger partial charge in [0, 0.05) is 30.7 Å². The second kappa shape index (κ2) is 8.77. The summed E-state index contributed by atoms with van der Waals surface area (Å²) in [4.78, 5) is 17.8. The minimum absolute atomic E-state index is 0.111. The Hall–Kier alpha value is -2.77. The minimum atomic E-state index is -3.45. The fraction of sp³-hybridized carbons (Fsp3) is 0.333. The summed E-state index contributed by atoms with van der Waals surface area (Å²) < 4.78 is 27.1. The van der Waals surface area contributed by atoms with Gasteiger partial charge in [-0.2, -0.15) is 4.31 Å². The molecule has 1 aliphatic heterocycles. The van der Waals surface area contributed by atoms with Gasteiger partial charge in [0.2, 0.25) is 10.0 Å². The Morgan fingerprint density at radius 3 is 2.48 bits per heavy atom. The van der Waals surface area contributed by atoms with Gasteiger partial charge in [-0.1, -0.05) is 29.8 Å². The zero-order valence-electron chi connectivity index (χ0n) is 17.8. The van der Waals surface area contributed by atoms with Gasteiger partial charge >= 0.3 is 0 Å². The molecule has 162 valence electrons. The molecular weight excluding hydrogens is 410 g/mol. The lowest BCUT2D eigenvalue weighted by molar-refractivity contribution is 0.0943. The highest BCUT2D eigenvalue weighted by Gasteiger charge is 2.29. The maximum Gasteiger partial charge on any atom is 0.252 e. The summed E-state index contributed by atoms with van der Waals surface area (Å²) in [6, 6.07) is 16.3. The van der Waals surface area contributed by atoms with Crippen LogP contribution in [0.1, 0.15) is 34.5 Å². The third kappa shape index (κ3) is 4.62. The van der Waals surface area contributed by atoms with Gasteiger partial charge in [0.15, 0.2) is 0 Å². The highest BCUT2D eigenvalue weighted by molar-refractivity contribution is 7.89. The predicted octanol–water partition coefficient (Wildman–Crippen LogP) is 3.68. The summed E-state index contributed by atoms with van der Waals surface area (Å²) in [6.07, 6.45) is 1.45. The standard InChI is InChI=1S/C24H27N3O3S/c1-17-8-9-23-21(14-17)22(15-18(2)26-23)24(28)25-16-19-10-12-27(13-11-19)31(29,30)20-6-4-3-5-7-20/h3-9,14-15,19H,10-13,16H2,1-2H3,(H,25,28). The maximum absolute atomic E-state index is 12.9. The van der Waals surface area contributed by atoms with Gasteiger partial charge in [0.1, 0.15) is 0 Å². The van der Waals surface area contributed by atoms with Gasteiger partial charge < -0.3 is 5.32 Å². The van der Waals surface area contributed by atoms with Gasteiger partial charge in [0.25, 0.3) is 5.91 Å². The molecule has 4 rings (SSSR count). The Labute approximate surface area is 183 Å². The first-order valence-electron chi connectivity index (χ1n) is 10.6. The van der Waals surface area contributed by atoms with Crippen molar-refractivity contribution < 1.29 is 13.2 Å². The zero-order valence-corrected chi connectivity index (χ0v) is 18.7. The third-order valence-corrected chi connectivity index (χ3v) is 7.76. The summed E-state index contributed by atoms with van der Waals surface area (Å²) in [5.41, 5.74) is 3.34. The number of sulfonamides is 1. The van der Waals surface area contributed by atoms with Crippen LogP contribution in [0, 0.1) is 19.8 Å². The molecule has 0 unspecified atom stereocenters. The van der Waals surface area contributed by atoms with E-state index in [9.17, 15) is 13.2 Å². The number of aromatic nitrogens is 1. The largest absolute Gasteiger partial charge is 0.352 e. The van der Waals surface area contributed by atoms with E-state index < -0.39 is 10.0 Å². The second-order valence-corrected chi connectivity index (χ2v) is 10.1. The van der Waals surface area contributed by atoms with Crippen LogP contribution in [0.25, 0.3) is 10.9 Å². The number of amides is 1. The summed E-state index contributed by atoms with van der Waals surface area (Å²) in [6.45, 7) is 5.35. The van der Waals surface area contributed by atoms with Crippen LogP contribution < -0.4 is 5.32 Å². The van der Waals surface area contributed by atoms with Crippen molar-refractivity contribution in [3.05, 3.63) is 71.4 Å². The molecule has 0 saturated carbocycles. The predicted molar refractivity (Wildman–Crippen MR) is 121 cm³/mol. The number of aryl methyl sites for hydroxylation is 2. The number of nitrogens with one attached hydrogen (secondary N) is 1. The van der Waals surface area contributed by atoms with Crippen LogP contribution in [-0.2, 0) is 10.0 Å². The molecule has 1 aromatic heterocycles. The van der Waals surface area contributed by atoms with E-state index in [0.29, 0.717) is 30.1 Å². The van der Waals surface area contributed by atoms with Crippen molar-refractivity contribution in [3.8, 4) is 0 Å². The van der Waals surface area contributed by atoms with Crippen LogP contribution in [0.4, 0.5) is 0 Å². The average Bonchev–Trinajstić information content (AvgIpc) is 2.78. The molecule has 7 heteroatoms. The normalized spacial score (nSPS) is 15.8. The van der Waals surface area contributed by atoms with E-state index in [-0.39, 0.29) is 11.8 Å². The molecule has 0 bridgehead atoms. The monoisotopic (exact) mass is 437 g/mol. The highest BCUT2D eigenvalue weighted by atomic mass is 32.2. The van der Waals surface area contributed by atoms with Gasteiger partial charge in [0.05, 0.1) is 16.0 Å². The van der Waals surface area contributed by atoms with E-state index in [2.05, 4.69) is 10.3 Å². The molecule has 1 amide bonds. The molecular formula is C24H27N3O3S. The molecule has 1 fully saturated rings. The van der Waals surface area contributed by atoms with Gasteiger partial charge in [-0.3, -0.25) is 9.78 Å². The van der Waals surface area contributed by atoms with Crippen LogP contribution in [0.5, 0.6) is 0 Å². The van der Waals surface area contributed by atoms with Gasteiger partial charge in [-0.15, -0.1) is 0 Å². The lowest BCUT2D eigenvalue weighted by Gasteiger charge is -2.31. The molecule has 0 aliphatic carbocycles. The first kappa shape index (κ1) is 21.5. The Morgan fingerprint density at radius 1 is 1.06 bits per heavy atom. The van der Waals surface area contributed by atoms with Gasteiger partial charge in [-0.25, -0.2) is 8.42 Å². The first-order valence-corrected chi connectivity index (χ1v) is 12.0. The number of piperidine rings is 1. The maximum atomic E-state index is 12.9. The van der Waals surface area contributed by atoms with Crippen molar-refractivity contribution in [1.29, 1.82) is 0 Å². The Balaban J connectivity index is 1.39. The number of carbonyl (C=O) groups is 1. The first-order chi connectivity index (χ1) is 14.8. The van der Waals surface area contributed by atoms with Crippen LogP contribution in [0.3, 0.4) is 0 Å². The van der Waals surface area contributed by atoms with Gasteiger partial charge in [-0.05, 0) is 62.9 Å². The fourth-order valence-electron chi connectivity index (χ4n) is 4.09. The van der Waals surface area contributed by atoms with E-state index in [1.165, 1.54) is 0 Å². The van der Waals surface area contributed by atoms with Crippen molar-refractivity contribution in [2.45, 2.75) is 31.6 Å². The molecule has 2 aromatic carbocycles. The van der Waals surface area contributed by atoms with Crippen LogP contribution >= 0.6 is 0 Å². The van der Waals surface area contributed by atoms with E-state index in [1.54, 1.807) is 28.6 Å². The Bertz CT molecular complexity index is 1200. The number of rotatable bonds is 5. The number of hydrogen-bond acceptors (Lipinski definition) is 4. The van der Waals surface area contributed by atoms with Crippen molar-refractivity contribution in [2.75, 3.05) is 19.6 Å². The van der Waals surface area contributed by atoms with Crippen molar-refractivity contribution in [1.82, 2.24) is 14.6 Å². The molecule has 3 aromatic rings. The Kier molecular flexibility index (Phi) is 6.07. The second-order valence-electron chi connectivity index (χ2n) is 8.20. The van der Waals surface area contributed by atoms with E-state index >= 15 is 0 Å². The van der Waals surface area contributed by atoms with E-state index in [0.717, 1.165) is 35.0 Å². The molecule has 0 radical (unpaired) electrons. The molecule has 31 heavy (non-hydrogen) atoms. The number of nitrogens with zero attached hydrogens (tertiary/aromatic N) is 2. The molecule has 1 saturated heterocycles.